The van der Waals surface area contributed by atoms with E-state index in [2.05, 4.69) is 23.3 Å². The summed E-state index contributed by atoms with van der Waals surface area (Å²) in [5, 5.41) is 3.67. The van der Waals surface area contributed by atoms with Gasteiger partial charge in [-0.3, -0.25) is 4.98 Å². The Bertz CT molecular complexity index is 388. The Balaban J connectivity index is 2.10. The van der Waals surface area contributed by atoms with Crippen LogP contribution in [0.25, 0.3) is 0 Å². The van der Waals surface area contributed by atoms with Gasteiger partial charge < -0.3 is 10.1 Å². The molecule has 0 spiro atoms. The van der Waals surface area contributed by atoms with Gasteiger partial charge in [0.15, 0.2) is 0 Å². The SMILES string of the molecule is CCCNC(c1cncc(OC(C)C)c1)C1CCC1. The van der Waals surface area contributed by atoms with E-state index in [1.165, 1.54) is 31.2 Å². The highest BCUT2D eigenvalue weighted by molar-refractivity contribution is 5.27. The number of aromatic nitrogens is 1. The van der Waals surface area contributed by atoms with Crippen LogP contribution in [0.2, 0.25) is 0 Å². The lowest BCUT2D eigenvalue weighted by molar-refractivity contribution is 0.226. The molecule has 1 unspecified atom stereocenters. The summed E-state index contributed by atoms with van der Waals surface area (Å²) in [7, 11) is 0. The van der Waals surface area contributed by atoms with Crippen LogP contribution in [0.5, 0.6) is 5.75 Å². The van der Waals surface area contributed by atoms with Crippen molar-refractivity contribution in [2.75, 3.05) is 6.54 Å². The van der Waals surface area contributed by atoms with E-state index in [4.69, 9.17) is 4.74 Å². The van der Waals surface area contributed by atoms with Crippen LogP contribution in [0.1, 0.15) is 58.1 Å². The zero-order valence-electron chi connectivity index (χ0n) is 12.4. The van der Waals surface area contributed by atoms with Gasteiger partial charge in [-0.15, -0.1) is 0 Å². The van der Waals surface area contributed by atoms with E-state index in [1.807, 2.05) is 20.0 Å². The van der Waals surface area contributed by atoms with Gasteiger partial charge in [-0.1, -0.05) is 13.3 Å². The third-order valence-electron chi connectivity index (χ3n) is 3.70. The van der Waals surface area contributed by atoms with E-state index < -0.39 is 0 Å². The molecular weight excluding hydrogens is 236 g/mol. The molecule has 1 N–H and O–H groups in total. The van der Waals surface area contributed by atoms with Gasteiger partial charge in [0, 0.05) is 12.2 Å². The van der Waals surface area contributed by atoms with Gasteiger partial charge >= 0.3 is 0 Å². The van der Waals surface area contributed by atoms with Crippen molar-refractivity contribution < 1.29 is 4.74 Å². The fourth-order valence-corrected chi connectivity index (χ4v) is 2.57. The lowest BCUT2D eigenvalue weighted by Gasteiger charge is -2.34. The van der Waals surface area contributed by atoms with Gasteiger partial charge in [-0.25, -0.2) is 0 Å². The molecule has 1 saturated carbocycles. The molecule has 106 valence electrons. The Kier molecular flexibility index (Phi) is 5.20. The highest BCUT2D eigenvalue weighted by Crippen LogP contribution is 2.38. The standard InChI is InChI=1S/C16H26N2O/c1-4-8-18-16(13-6-5-7-13)14-9-15(11-17-10-14)19-12(2)3/h9-13,16,18H,4-8H2,1-3H3. The molecule has 1 aliphatic carbocycles. The third kappa shape index (κ3) is 3.93. The van der Waals surface area contributed by atoms with Crippen molar-refractivity contribution in [1.29, 1.82) is 0 Å². The first-order valence-electron chi connectivity index (χ1n) is 7.55. The highest BCUT2D eigenvalue weighted by atomic mass is 16.5. The molecule has 1 aliphatic rings. The molecule has 0 saturated heterocycles. The molecule has 1 atom stereocenters. The average Bonchev–Trinajstić information content (AvgIpc) is 2.31. The predicted molar refractivity (Wildman–Crippen MR) is 78.4 cm³/mol. The van der Waals surface area contributed by atoms with Crippen molar-refractivity contribution in [2.24, 2.45) is 5.92 Å². The van der Waals surface area contributed by atoms with E-state index in [0.717, 1.165) is 18.2 Å². The first-order valence-corrected chi connectivity index (χ1v) is 7.55. The molecule has 0 amide bonds. The van der Waals surface area contributed by atoms with Gasteiger partial charge in [0.1, 0.15) is 5.75 Å². The van der Waals surface area contributed by atoms with Crippen molar-refractivity contribution >= 4 is 0 Å². The van der Waals surface area contributed by atoms with Crippen LogP contribution in [0, 0.1) is 5.92 Å². The second kappa shape index (κ2) is 6.90. The Labute approximate surface area is 116 Å². The molecule has 2 rings (SSSR count). The van der Waals surface area contributed by atoms with Crippen LogP contribution >= 0.6 is 0 Å². The predicted octanol–water partition coefficient (Wildman–Crippen LogP) is 3.71. The van der Waals surface area contributed by atoms with E-state index in [-0.39, 0.29) is 6.10 Å². The van der Waals surface area contributed by atoms with Gasteiger partial charge in [0.2, 0.25) is 0 Å². The zero-order chi connectivity index (χ0) is 13.7. The summed E-state index contributed by atoms with van der Waals surface area (Å²) in [4.78, 5) is 4.34. The molecule has 0 aliphatic heterocycles. The number of rotatable bonds is 7. The van der Waals surface area contributed by atoms with Crippen molar-refractivity contribution in [3.05, 3.63) is 24.0 Å². The zero-order valence-corrected chi connectivity index (χ0v) is 12.4. The Morgan fingerprint density at radius 1 is 1.37 bits per heavy atom. The summed E-state index contributed by atoms with van der Waals surface area (Å²) in [6, 6.07) is 2.59. The third-order valence-corrected chi connectivity index (χ3v) is 3.70. The number of nitrogens with one attached hydrogen (secondary N) is 1. The monoisotopic (exact) mass is 262 g/mol. The quantitative estimate of drug-likeness (QED) is 0.813. The summed E-state index contributed by atoms with van der Waals surface area (Å²) in [6.45, 7) is 7.37. The maximum Gasteiger partial charge on any atom is 0.138 e. The number of pyridine rings is 1. The summed E-state index contributed by atoms with van der Waals surface area (Å²) < 4.78 is 5.75. The van der Waals surface area contributed by atoms with E-state index in [1.54, 1.807) is 6.20 Å². The fraction of sp³-hybridized carbons (Fsp3) is 0.688. The van der Waals surface area contributed by atoms with Crippen LogP contribution in [-0.4, -0.2) is 17.6 Å². The van der Waals surface area contributed by atoms with Crippen LogP contribution < -0.4 is 10.1 Å². The van der Waals surface area contributed by atoms with E-state index >= 15 is 0 Å². The minimum absolute atomic E-state index is 0.197. The van der Waals surface area contributed by atoms with Crippen LogP contribution in [0.4, 0.5) is 0 Å². The van der Waals surface area contributed by atoms with E-state index in [9.17, 15) is 0 Å². The molecule has 3 heteroatoms. The molecule has 19 heavy (non-hydrogen) atoms. The van der Waals surface area contributed by atoms with Gasteiger partial charge in [-0.2, -0.15) is 0 Å². The molecule has 3 nitrogen and oxygen atoms in total. The normalized spacial score (nSPS) is 17.3. The first-order chi connectivity index (χ1) is 9.20. The lowest BCUT2D eigenvalue weighted by Crippen LogP contribution is -2.32. The van der Waals surface area contributed by atoms with Crippen molar-refractivity contribution in [2.45, 2.75) is 58.6 Å². The number of hydrogen-bond donors (Lipinski definition) is 1. The highest BCUT2D eigenvalue weighted by Gasteiger charge is 2.28. The maximum absolute atomic E-state index is 5.75. The molecular formula is C16H26N2O. The Hall–Kier alpha value is -1.09. The smallest absolute Gasteiger partial charge is 0.138 e. The van der Waals surface area contributed by atoms with Crippen molar-refractivity contribution in [1.82, 2.24) is 10.3 Å². The first kappa shape index (κ1) is 14.3. The van der Waals surface area contributed by atoms with Gasteiger partial charge in [0.05, 0.1) is 12.3 Å². The largest absolute Gasteiger partial charge is 0.489 e. The molecule has 0 bridgehead atoms. The van der Waals surface area contributed by atoms with Crippen LogP contribution in [-0.2, 0) is 0 Å². The molecule has 1 fully saturated rings. The molecule has 0 radical (unpaired) electrons. The average molecular weight is 262 g/mol. The van der Waals surface area contributed by atoms with Gasteiger partial charge in [-0.05, 0) is 57.2 Å². The topological polar surface area (TPSA) is 34.2 Å². The molecule has 1 aromatic heterocycles. The summed E-state index contributed by atoms with van der Waals surface area (Å²) >= 11 is 0. The summed E-state index contributed by atoms with van der Waals surface area (Å²) in [5.74, 6) is 1.65. The summed E-state index contributed by atoms with van der Waals surface area (Å²) in [5.41, 5.74) is 1.27. The second-order valence-electron chi connectivity index (χ2n) is 5.74. The Morgan fingerprint density at radius 2 is 2.16 bits per heavy atom. The second-order valence-corrected chi connectivity index (χ2v) is 5.74. The number of ether oxygens (including phenoxy) is 1. The minimum atomic E-state index is 0.197. The summed E-state index contributed by atoms with van der Waals surface area (Å²) in [6.07, 6.45) is 9.18. The van der Waals surface area contributed by atoms with Crippen LogP contribution in [0.3, 0.4) is 0 Å². The minimum Gasteiger partial charge on any atom is -0.489 e. The molecule has 0 aromatic carbocycles. The lowest BCUT2D eigenvalue weighted by atomic mass is 9.77. The Morgan fingerprint density at radius 3 is 2.74 bits per heavy atom. The van der Waals surface area contributed by atoms with Gasteiger partial charge in [0.25, 0.3) is 0 Å². The number of hydrogen-bond acceptors (Lipinski definition) is 3. The fourth-order valence-electron chi connectivity index (χ4n) is 2.57. The van der Waals surface area contributed by atoms with Crippen LogP contribution in [0.15, 0.2) is 18.5 Å². The maximum atomic E-state index is 5.75. The molecule has 1 aromatic rings. The molecule has 1 heterocycles. The number of nitrogens with zero attached hydrogens (tertiary/aromatic N) is 1. The van der Waals surface area contributed by atoms with E-state index in [0.29, 0.717) is 6.04 Å². The van der Waals surface area contributed by atoms with Crippen molar-refractivity contribution in [3.8, 4) is 5.75 Å². The van der Waals surface area contributed by atoms with Crippen molar-refractivity contribution in [3.63, 3.8) is 0 Å².